The Bertz CT molecular complexity index is 787. The second kappa shape index (κ2) is 8.89. The van der Waals surface area contributed by atoms with Gasteiger partial charge in [0.1, 0.15) is 11.8 Å². The minimum atomic E-state index is -3.70. The van der Waals surface area contributed by atoms with Crippen LogP contribution in [-0.2, 0) is 14.8 Å². The summed E-state index contributed by atoms with van der Waals surface area (Å²) in [5.41, 5.74) is 1.40. The molecule has 1 fully saturated rings. The van der Waals surface area contributed by atoms with Gasteiger partial charge in [-0.25, -0.2) is 8.42 Å². The molecule has 1 atom stereocenters. The number of ether oxygens (including phenoxy) is 1. The van der Waals surface area contributed by atoms with Crippen molar-refractivity contribution in [3.8, 4) is 5.75 Å². The number of amides is 1. The largest absolute Gasteiger partial charge is 0.497 e. The van der Waals surface area contributed by atoms with E-state index in [9.17, 15) is 13.2 Å². The molecule has 0 saturated carbocycles. The molecule has 1 saturated heterocycles. The summed E-state index contributed by atoms with van der Waals surface area (Å²) in [6, 6.07) is 5.66. The number of carbonyl (C=O) groups is 1. The van der Waals surface area contributed by atoms with Crippen LogP contribution in [0.5, 0.6) is 5.75 Å². The van der Waals surface area contributed by atoms with Gasteiger partial charge >= 0.3 is 0 Å². The second-order valence-corrected chi connectivity index (χ2v) is 8.99. The fourth-order valence-electron chi connectivity index (χ4n) is 3.77. The van der Waals surface area contributed by atoms with Gasteiger partial charge in [0.2, 0.25) is 15.9 Å². The van der Waals surface area contributed by atoms with Crippen LogP contribution in [0.15, 0.2) is 40.8 Å². The van der Waals surface area contributed by atoms with Crippen LogP contribution in [0.1, 0.15) is 44.9 Å². The molecule has 1 N–H and O–H groups in total. The topological polar surface area (TPSA) is 75.7 Å². The first-order chi connectivity index (χ1) is 13.0. The highest BCUT2D eigenvalue weighted by molar-refractivity contribution is 7.89. The molecule has 0 aromatic heterocycles. The van der Waals surface area contributed by atoms with Crippen LogP contribution in [-0.4, -0.2) is 44.9 Å². The molecule has 1 heterocycles. The van der Waals surface area contributed by atoms with Crippen molar-refractivity contribution in [1.82, 2.24) is 9.62 Å². The predicted octanol–water partition coefficient (Wildman–Crippen LogP) is 2.86. The first kappa shape index (κ1) is 19.9. The summed E-state index contributed by atoms with van der Waals surface area (Å²) in [6.45, 7) is 0.940. The molecule has 7 heteroatoms. The van der Waals surface area contributed by atoms with Gasteiger partial charge in [-0.15, -0.1) is 0 Å². The maximum Gasteiger partial charge on any atom is 0.243 e. The molecule has 0 radical (unpaired) electrons. The summed E-state index contributed by atoms with van der Waals surface area (Å²) < 4.78 is 32.4. The Balaban J connectivity index is 1.62. The van der Waals surface area contributed by atoms with E-state index in [1.807, 2.05) is 0 Å². The van der Waals surface area contributed by atoms with Gasteiger partial charge in [-0.1, -0.05) is 11.6 Å². The number of rotatable bonds is 7. The SMILES string of the molecule is COc1ccc(S(=O)(=O)N2CCCC2C(=O)NCCC2=CCCCC2)cc1. The Morgan fingerprint density at radius 2 is 2.00 bits per heavy atom. The minimum absolute atomic E-state index is 0.190. The third-order valence-electron chi connectivity index (χ3n) is 5.30. The molecule has 1 unspecified atom stereocenters. The zero-order valence-corrected chi connectivity index (χ0v) is 16.6. The molecule has 1 amide bonds. The quantitative estimate of drug-likeness (QED) is 0.724. The molecule has 3 rings (SSSR count). The van der Waals surface area contributed by atoms with Gasteiger partial charge in [0.05, 0.1) is 12.0 Å². The van der Waals surface area contributed by atoms with Crippen molar-refractivity contribution in [2.45, 2.75) is 55.9 Å². The van der Waals surface area contributed by atoms with Crippen LogP contribution in [0.2, 0.25) is 0 Å². The third-order valence-corrected chi connectivity index (χ3v) is 7.23. The van der Waals surface area contributed by atoms with Crippen LogP contribution in [0.25, 0.3) is 0 Å². The van der Waals surface area contributed by atoms with Crippen molar-refractivity contribution in [2.75, 3.05) is 20.2 Å². The number of benzene rings is 1. The summed E-state index contributed by atoms with van der Waals surface area (Å²) in [5, 5.41) is 2.94. The number of hydrogen-bond donors (Lipinski definition) is 1. The van der Waals surface area contributed by atoms with Gasteiger partial charge in [0.15, 0.2) is 0 Å². The molecular weight excluding hydrogens is 364 g/mol. The highest BCUT2D eigenvalue weighted by Gasteiger charge is 2.39. The highest BCUT2D eigenvalue weighted by Crippen LogP contribution is 2.27. The molecule has 1 aromatic carbocycles. The molecule has 0 bridgehead atoms. The Kier molecular flexibility index (Phi) is 6.55. The van der Waals surface area contributed by atoms with E-state index in [4.69, 9.17) is 4.74 Å². The lowest BCUT2D eigenvalue weighted by Gasteiger charge is -2.23. The average Bonchev–Trinajstić information content (AvgIpc) is 3.20. The van der Waals surface area contributed by atoms with E-state index in [-0.39, 0.29) is 10.8 Å². The van der Waals surface area contributed by atoms with Gasteiger partial charge < -0.3 is 10.1 Å². The molecule has 2 aliphatic rings. The van der Waals surface area contributed by atoms with Gasteiger partial charge in [-0.3, -0.25) is 4.79 Å². The van der Waals surface area contributed by atoms with Crippen molar-refractivity contribution in [3.63, 3.8) is 0 Å². The average molecular weight is 393 g/mol. The smallest absolute Gasteiger partial charge is 0.243 e. The third kappa shape index (κ3) is 4.71. The minimum Gasteiger partial charge on any atom is -0.497 e. The van der Waals surface area contributed by atoms with Gasteiger partial charge in [-0.05, 0) is 69.2 Å². The highest BCUT2D eigenvalue weighted by atomic mass is 32.2. The molecule has 1 aliphatic heterocycles. The first-order valence-electron chi connectivity index (χ1n) is 9.64. The molecule has 1 aromatic rings. The lowest BCUT2D eigenvalue weighted by molar-refractivity contribution is -0.124. The van der Waals surface area contributed by atoms with Crippen LogP contribution in [0.4, 0.5) is 0 Å². The Labute approximate surface area is 161 Å². The normalized spacial score (nSPS) is 20.9. The summed E-state index contributed by atoms with van der Waals surface area (Å²) in [4.78, 5) is 12.8. The summed E-state index contributed by atoms with van der Waals surface area (Å²) in [6.07, 6.45) is 9.07. The number of nitrogens with zero attached hydrogens (tertiary/aromatic N) is 1. The van der Waals surface area contributed by atoms with Crippen LogP contribution in [0, 0.1) is 0 Å². The van der Waals surface area contributed by atoms with Crippen molar-refractivity contribution >= 4 is 15.9 Å². The number of sulfonamides is 1. The lowest BCUT2D eigenvalue weighted by atomic mass is 9.97. The van der Waals surface area contributed by atoms with Gasteiger partial charge in [0, 0.05) is 13.1 Å². The van der Waals surface area contributed by atoms with Crippen molar-refractivity contribution in [2.24, 2.45) is 0 Å². The Hall–Kier alpha value is -1.86. The summed E-state index contributed by atoms with van der Waals surface area (Å²) in [7, 11) is -2.16. The first-order valence-corrected chi connectivity index (χ1v) is 11.1. The van der Waals surface area contributed by atoms with Crippen LogP contribution < -0.4 is 10.1 Å². The zero-order valence-electron chi connectivity index (χ0n) is 15.8. The second-order valence-electron chi connectivity index (χ2n) is 7.10. The zero-order chi connectivity index (χ0) is 19.3. The standard InChI is InChI=1S/C20H28N2O4S/c1-26-17-9-11-18(12-10-17)27(24,25)22-15-5-8-19(22)20(23)21-14-13-16-6-3-2-4-7-16/h6,9-12,19H,2-5,7-8,13-15H2,1H3,(H,21,23). The molecule has 27 heavy (non-hydrogen) atoms. The Morgan fingerprint density at radius 1 is 1.22 bits per heavy atom. The van der Waals surface area contributed by atoms with E-state index in [2.05, 4.69) is 11.4 Å². The van der Waals surface area contributed by atoms with E-state index >= 15 is 0 Å². The lowest BCUT2D eigenvalue weighted by Crippen LogP contribution is -2.46. The number of hydrogen-bond acceptors (Lipinski definition) is 4. The fraction of sp³-hybridized carbons (Fsp3) is 0.550. The number of allylic oxidation sites excluding steroid dienone is 1. The molecule has 1 aliphatic carbocycles. The fourth-order valence-corrected chi connectivity index (χ4v) is 5.43. The monoisotopic (exact) mass is 392 g/mol. The molecule has 0 spiro atoms. The predicted molar refractivity (Wildman–Crippen MR) is 104 cm³/mol. The molecule has 6 nitrogen and oxygen atoms in total. The van der Waals surface area contributed by atoms with Crippen molar-refractivity contribution in [3.05, 3.63) is 35.9 Å². The van der Waals surface area contributed by atoms with Crippen molar-refractivity contribution in [1.29, 1.82) is 0 Å². The van der Waals surface area contributed by atoms with E-state index in [0.717, 1.165) is 19.3 Å². The van der Waals surface area contributed by atoms with Crippen LogP contribution >= 0.6 is 0 Å². The van der Waals surface area contributed by atoms with E-state index in [0.29, 0.717) is 31.7 Å². The maximum absolute atomic E-state index is 13.0. The van der Waals surface area contributed by atoms with Crippen LogP contribution in [0.3, 0.4) is 0 Å². The van der Waals surface area contributed by atoms with Gasteiger partial charge in [0.25, 0.3) is 0 Å². The Morgan fingerprint density at radius 3 is 2.67 bits per heavy atom. The van der Waals surface area contributed by atoms with Crippen molar-refractivity contribution < 1.29 is 17.9 Å². The molecular formula is C20H28N2O4S. The number of methoxy groups -OCH3 is 1. The van der Waals surface area contributed by atoms with Gasteiger partial charge in [-0.2, -0.15) is 4.31 Å². The summed E-state index contributed by atoms with van der Waals surface area (Å²) in [5.74, 6) is 0.405. The number of carbonyl (C=O) groups excluding carboxylic acids is 1. The van der Waals surface area contributed by atoms with E-state index in [1.165, 1.54) is 42.0 Å². The van der Waals surface area contributed by atoms with E-state index < -0.39 is 16.1 Å². The van der Waals surface area contributed by atoms with E-state index in [1.54, 1.807) is 12.1 Å². The number of nitrogens with one attached hydrogen (secondary N) is 1. The maximum atomic E-state index is 13.0. The summed E-state index contributed by atoms with van der Waals surface area (Å²) >= 11 is 0. The molecule has 148 valence electrons.